The predicted molar refractivity (Wildman–Crippen MR) is 73.6 cm³/mol. The van der Waals surface area contributed by atoms with Crippen molar-refractivity contribution in [1.29, 1.82) is 0 Å². The number of aromatic nitrogens is 2. The summed E-state index contributed by atoms with van der Waals surface area (Å²) in [6, 6.07) is 2.22. The van der Waals surface area contributed by atoms with Crippen LogP contribution >= 0.6 is 11.6 Å². The summed E-state index contributed by atoms with van der Waals surface area (Å²) in [7, 11) is 0. The second-order valence-electron chi connectivity index (χ2n) is 4.96. The summed E-state index contributed by atoms with van der Waals surface area (Å²) in [4.78, 5) is 11.2. The van der Waals surface area contributed by atoms with Gasteiger partial charge in [-0.2, -0.15) is 4.98 Å². The van der Waals surface area contributed by atoms with Gasteiger partial charge in [0.25, 0.3) is 0 Å². The lowest BCUT2D eigenvalue weighted by molar-refractivity contribution is 0.232. The van der Waals surface area contributed by atoms with Crippen molar-refractivity contribution >= 4 is 17.5 Å². The Balaban J connectivity index is 2.24. The molecule has 2 heterocycles. The van der Waals surface area contributed by atoms with Crippen LogP contribution in [0.25, 0.3) is 0 Å². The second-order valence-corrected chi connectivity index (χ2v) is 5.27. The van der Waals surface area contributed by atoms with Gasteiger partial charge in [-0.25, -0.2) is 4.98 Å². The molecule has 1 aromatic rings. The zero-order valence-corrected chi connectivity index (χ0v) is 11.9. The largest absolute Gasteiger partial charge is 0.475 e. The van der Waals surface area contributed by atoms with Gasteiger partial charge in [-0.3, -0.25) is 0 Å². The first kappa shape index (κ1) is 13.4. The van der Waals surface area contributed by atoms with E-state index in [-0.39, 0.29) is 6.10 Å². The molecule has 1 aromatic heterocycles. The molecular formula is C13H20ClN3O. The predicted octanol–water partition coefficient (Wildman–Crippen LogP) is 2.78. The summed E-state index contributed by atoms with van der Waals surface area (Å²) in [6.07, 6.45) is 2.38. The van der Waals surface area contributed by atoms with Crippen molar-refractivity contribution in [2.24, 2.45) is 0 Å². The first-order chi connectivity index (χ1) is 8.60. The average Bonchev–Trinajstić information content (AvgIpc) is 2.75. The summed E-state index contributed by atoms with van der Waals surface area (Å²) in [6.45, 7) is 6.93. The minimum absolute atomic E-state index is 0.120. The van der Waals surface area contributed by atoms with Gasteiger partial charge in [-0.05, 0) is 33.6 Å². The van der Waals surface area contributed by atoms with Gasteiger partial charge in [0.05, 0.1) is 6.10 Å². The highest BCUT2D eigenvalue weighted by Gasteiger charge is 2.26. The first-order valence-corrected chi connectivity index (χ1v) is 6.98. The van der Waals surface area contributed by atoms with Crippen LogP contribution in [0.3, 0.4) is 0 Å². The number of anilines is 1. The molecule has 1 unspecified atom stereocenters. The van der Waals surface area contributed by atoms with E-state index in [0.717, 1.165) is 31.0 Å². The van der Waals surface area contributed by atoms with Gasteiger partial charge in [0.2, 0.25) is 11.8 Å². The molecular weight excluding hydrogens is 250 g/mol. The van der Waals surface area contributed by atoms with E-state index in [9.17, 15) is 0 Å². The maximum absolute atomic E-state index is 5.99. The SMILES string of the molecule is Cc1cc(OC(C)C)nc(N2CCCC2CCl)n1. The number of halogens is 1. The molecule has 1 saturated heterocycles. The molecule has 0 spiro atoms. The lowest BCUT2D eigenvalue weighted by Crippen LogP contribution is -2.32. The first-order valence-electron chi connectivity index (χ1n) is 6.45. The molecule has 18 heavy (non-hydrogen) atoms. The van der Waals surface area contributed by atoms with E-state index < -0.39 is 0 Å². The fourth-order valence-corrected chi connectivity index (χ4v) is 2.54. The summed E-state index contributed by atoms with van der Waals surface area (Å²) in [5.74, 6) is 2.01. The highest BCUT2D eigenvalue weighted by atomic mass is 35.5. The van der Waals surface area contributed by atoms with Crippen LogP contribution in [0.4, 0.5) is 5.95 Å². The van der Waals surface area contributed by atoms with Gasteiger partial charge in [0.15, 0.2) is 0 Å². The van der Waals surface area contributed by atoms with Gasteiger partial charge in [0.1, 0.15) is 0 Å². The van der Waals surface area contributed by atoms with Crippen molar-refractivity contribution < 1.29 is 4.74 Å². The normalized spacial score (nSPS) is 19.6. The van der Waals surface area contributed by atoms with E-state index >= 15 is 0 Å². The summed E-state index contributed by atoms with van der Waals surface area (Å²) < 4.78 is 5.65. The lowest BCUT2D eigenvalue weighted by atomic mass is 10.2. The number of nitrogens with zero attached hydrogens (tertiary/aromatic N) is 3. The Kier molecular flexibility index (Phi) is 4.27. The van der Waals surface area contributed by atoms with E-state index in [4.69, 9.17) is 16.3 Å². The van der Waals surface area contributed by atoms with E-state index in [1.807, 2.05) is 26.8 Å². The lowest BCUT2D eigenvalue weighted by Gasteiger charge is -2.23. The van der Waals surface area contributed by atoms with Crippen LogP contribution in [0, 0.1) is 6.92 Å². The minimum atomic E-state index is 0.120. The van der Waals surface area contributed by atoms with Crippen molar-refractivity contribution in [1.82, 2.24) is 9.97 Å². The second kappa shape index (κ2) is 5.74. The molecule has 5 heteroatoms. The van der Waals surface area contributed by atoms with Crippen molar-refractivity contribution in [2.75, 3.05) is 17.3 Å². The number of rotatable bonds is 4. The number of hydrogen-bond acceptors (Lipinski definition) is 4. The third-order valence-electron chi connectivity index (χ3n) is 2.99. The minimum Gasteiger partial charge on any atom is -0.475 e. The van der Waals surface area contributed by atoms with Crippen LogP contribution in [-0.4, -0.2) is 34.5 Å². The highest BCUT2D eigenvalue weighted by molar-refractivity contribution is 6.18. The van der Waals surface area contributed by atoms with Gasteiger partial charge in [-0.1, -0.05) is 0 Å². The maximum atomic E-state index is 5.99. The van der Waals surface area contributed by atoms with Crippen molar-refractivity contribution in [2.45, 2.75) is 45.8 Å². The number of alkyl halides is 1. The summed E-state index contributed by atoms with van der Waals surface area (Å²) >= 11 is 5.99. The Hall–Kier alpha value is -1.03. The van der Waals surface area contributed by atoms with Crippen molar-refractivity contribution in [3.8, 4) is 5.88 Å². The zero-order valence-electron chi connectivity index (χ0n) is 11.2. The van der Waals surface area contributed by atoms with Crippen molar-refractivity contribution in [3.63, 3.8) is 0 Å². The molecule has 1 aliphatic rings. The fourth-order valence-electron chi connectivity index (χ4n) is 2.21. The molecule has 0 bridgehead atoms. The molecule has 2 rings (SSSR count). The smallest absolute Gasteiger partial charge is 0.229 e. The standard InChI is InChI=1S/C13H20ClN3O/c1-9(2)18-12-7-10(3)15-13(16-12)17-6-4-5-11(17)8-14/h7,9,11H,4-6,8H2,1-3H3. The molecule has 1 atom stereocenters. The van der Waals surface area contributed by atoms with Gasteiger partial charge >= 0.3 is 0 Å². The molecule has 0 saturated carbocycles. The van der Waals surface area contributed by atoms with Gasteiger partial charge < -0.3 is 9.64 Å². The van der Waals surface area contributed by atoms with E-state index in [0.29, 0.717) is 17.8 Å². The summed E-state index contributed by atoms with van der Waals surface area (Å²) in [5, 5.41) is 0. The van der Waals surface area contributed by atoms with Crippen LogP contribution in [0.1, 0.15) is 32.4 Å². The van der Waals surface area contributed by atoms with Gasteiger partial charge in [-0.15, -0.1) is 11.6 Å². The van der Waals surface area contributed by atoms with Crippen LogP contribution in [0.5, 0.6) is 5.88 Å². The molecule has 1 fully saturated rings. The van der Waals surface area contributed by atoms with Crippen LogP contribution in [0.2, 0.25) is 0 Å². The molecule has 0 aromatic carbocycles. The van der Waals surface area contributed by atoms with Crippen LogP contribution in [-0.2, 0) is 0 Å². The Morgan fingerprint density at radius 3 is 2.94 bits per heavy atom. The zero-order chi connectivity index (χ0) is 13.1. The van der Waals surface area contributed by atoms with Crippen LogP contribution in [0.15, 0.2) is 6.07 Å². The Morgan fingerprint density at radius 1 is 1.50 bits per heavy atom. The third kappa shape index (κ3) is 3.05. The van der Waals surface area contributed by atoms with Crippen LogP contribution < -0.4 is 9.64 Å². The summed E-state index contributed by atoms with van der Waals surface area (Å²) in [5.41, 5.74) is 0.927. The third-order valence-corrected chi connectivity index (χ3v) is 3.34. The Labute approximate surface area is 113 Å². The molecule has 0 N–H and O–H groups in total. The van der Waals surface area contributed by atoms with Gasteiger partial charge in [0, 0.05) is 30.2 Å². The maximum Gasteiger partial charge on any atom is 0.229 e. The topological polar surface area (TPSA) is 38.2 Å². The quantitative estimate of drug-likeness (QED) is 0.788. The Bertz CT molecular complexity index is 411. The Morgan fingerprint density at radius 2 is 2.28 bits per heavy atom. The van der Waals surface area contributed by atoms with Crippen molar-refractivity contribution in [3.05, 3.63) is 11.8 Å². The number of aryl methyl sites for hydroxylation is 1. The average molecular weight is 270 g/mol. The van der Waals surface area contributed by atoms with E-state index in [1.54, 1.807) is 0 Å². The molecule has 0 aliphatic carbocycles. The molecule has 0 radical (unpaired) electrons. The highest BCUT2D eigenvalue weighted by Crippen LogP contribution is 2.25. The van der Waals surface area contributed by atoms with E-state index in [1.165, 1.54) is 0 Å². The fraction of sp³-hybridized carbons (Fsp3) is 0.692. The number of hydrogen-bond donors (Lipinski definition) is 0. The van der Waals surface area contributed by atoms with E-state index in [2.05, 4.69) is 14.9 Å². The molecule has 4 nitrogen and oxygen atoms in total. The monoisotopic (exact) mass is 269 g/mol. The number of ether oxygens (including phenoxy) is 1. The molecule has 100 valence electrons. The molecule has 1 aliphatic heterocycles. The molecule has 0 amide bonds.